The highest BCUT2D eigenvalue weighted by Crippen LogP contribution is 2.24. The predicted molar refractivity (Wildman–Crippen MR) is 81.2 cm³/mol. The molecular weight excluding hydrogens is 322 g/mol. The van der Waals surface area contributed by atoms with Gasteiger partial charge < -0.3 is 14.4 Å². The average Bonchev–Trinajstić information content (AvgIpc) is 2.48. The number of ether oxygens (including phenoxy) is 2. The van der Waals surface area contributed by atoms with E-state index in [1.165, 1.54) is 6.42 Å². The summed E-state index contributed by atoms with van der Waals surface area (Å²) in [5, 5.41) is 0. The molecule has 1 heterocycles. The average molecular weight is 342 g/mol. The summed E-state index contributed by atoms with van der Waals surface area (Å²) in [7, 11) is 3.41. The number of hydrogen-bond acceptors (Lipinski definition) is 3. The molecule has 1 amide bonds. The van der Waals surface area contributed by atoms with Crippen molar-refractivity contribution in [3.8, 4) is 5.75 Å². The number of carbonyl (C=O) groups is 1. The summed E-state index contributed by atoms with van der Waals surface area (Å²) in [6.07, 6.45) is 3.48. The molecule has 4 nitrogen and oxygen atoms in total. The van der Waals surface area contributed by atoms with Crippen LogP contribution in [0.5, 0.6) is 5.75 Å². The molecule has 1 aliphatic rings. The fourth-order valence-electron chi connectivity index (χ4n) is 2.34. The minimum absolute atomic E-state index is 0.0232. The smallest absolute Gasteiger partial charge is 0.254 e. The second-order valence-electron chi connectivity index (χ2n) is 5.02. The molecule has 1 aromatic rings. The van der Waals surface area contributed by atoms with Crippen LogP contribution in [0.2, 0.25) is 0 Å². The maximum absolute atomic E-state index is 12.5. The molecule has 1 saturated heterocycles. The van der Waals surface area contributed by atoms with Crippen molar-refractivity contribution >= 4 is 21.8 Å². The lowest BCUT2D eigenvalue weighted by Gasteiger charge is -2.27. The van der Waals surface area contributed by atoms with Crippen molar-refractivity contribution in [2.24, 2.45) is 0 Å². The largest absolute Gasteiger partial charge is 0.497 e. The van der Waals surface area contributed by atoms with Gasteiger partial charge in [0.25, 0.3) is 5.91 Å². The Balaban J connectivity index is 2.05. The number of nitrogens with zero attached hydrogens (tertiary/aromatic N) is 1. The normalized spacial score (nSPS) is 18.6. The lowest BCUT2D eigenvalue weighted by Crippen LogP contribution is -2.37. The van der Waals surface area contributed by atoms with Crippen LogP contribution in [0.25, 0.3) is 0 Å². The minimum Gasteiger partial charge on any atom is -0.497 e. The van der Waals surface area contributed by atoms with Gasteiger partial charge in [0.2, 0.25) is 0 Å². The molecule has 1 aromatic carbocycles. The number of likely N-dealkylation sites (N-methyl/N-ethyl adjacent to an activating group) is 1. The van der Waals surface area contributed by atoms with Gasteiger partial charge in [-0.2, -0.15) is 0 Å². The second kappa shape index (κ2) is 7.09. The Labute approximate surface area is 128 Å². The van der Waals surface area contributed by atoms with Crippen molar-refractivity contribution in [2.45, 2.75) is 25.4 Å². The highest BCUT2D eigenvalue weighted by Gasteiger charge is 2.21. The van der Waals surface area contributed by atoms with E-state index in [1.807, 2.05) is 19.2 Å². The van der Waals surface area contributed by atoms with Crippen molar-refractivity contribution in [3.63, 3.8) is 0 Å². The third-order valence-corrected chi connectivity index (χ3v) is 4.19. The van der Waals surface area contributed by atoms with E-state index in [0.29, 0.717) is 17.9 Å². The fourth-order valence-corrected chi connectivity index (χ4v) is 2.76. The van der Waals surface area contributed by atoms with Gasteiger partial charge in [-0.1, -0.05) is 0 Å². The van der Waals surface area contributed by atoms with Gasteiger partial charge in [0.05, 0.1) is 18.8 Å². The summed E-state index contributed by atoms with van der Waals surface area (Å²) < 4.78 is 11.6. The number of rotatable bonds is 4. The summed E-state index contributed by atoms with van der Waals surface area (Å²) in [6.45, 7) is 1.43. The zero-order valence-corrected chi connectivity index (χ0v) is 13.5. The Bertz CT molecular complexity index is 472. The first-order valence-corrected chi connectivity index (χ1v) is 7.61. The molecule has 2 rings (SSSR count). The van der Waals surface area contributed by atoms with E-state index in [4.69, 9.17) is 9.47 Å². The standard InChI is InChI=1S/C15H20BrNO3/c1-17(10-12-5-3-4-8-20-12)15(18)13-9-11(19-2)6-7-14(13)16/h6-7,9,12H,3-5,8,10H2,1-2H3. The van der Waals surface area contributed by atoms with Crippen molar-refractivity contribution in [3.05, 3.63) is 28.2 Å². The van der Waals surface area contributed by atoms with E-state index in [-0.39, 0.29) is 12.0 Å². The van der Waals surface area contributed by atoms with Crippen LogP contribution in [0.4, 0.5) is 0 Å². The Morgan fingerprint density at radius 2 is 2.30 bits per heavy atom. The Hall–Kier alpha value is -1.07. The molecule has 110 valence electrons. The van der Waals surface area contributed by atoms with E-state index in [1.54, 1.807) is 18.1 Å². The molecule has 1 unspecified atom stereocenters. The number of benzene rings is 1. The Kier molecular flexibility index (Phi) is 5.43. The molecule has 0 saturated carbocycles. The van der Waals surface area contributed by atoms with Gasteiger partial charge in [-0.05, 0) is 53.4 Å². The molecule has 0 N–H and O–H groups in total. The van der Waals surface area contributed by atoms with Gasteiger partial charge in [-0.15, -0.1) is 0 Å². The fraction of sp³-hybridized carbons (Fsp3) is 0.533. The van der Waals surface area contributed by atoms with Crippen molar-refractivity contribution in [2.75, 3.05) is 27.3 Å². The van der Waals surface area contributed by atoms with Crippen molar-refractivity contribution in [1.29, 1.82) is 0 Å². The molecule has 0 bridgehead atoms. The van der Waals surface area contributed by atoms with E-state index in [2.05, 4.69) is 15.9 Å². The number of halogens is 1. The maximum atomic E-state index is 12.5. The van der Waals surface area contributed by atoms with Crippen LogP contribution in [0.3, 0.4) is 0 Å². The number of hydrogen-bond donors (Lipinski definition) is 0. The minimum atomic E-state index is -0.0232. The number of methoxy groups -OCH3 is 1. The zero-order chi connectivity index (χ0) is 14.5. The van der Waals surface area contributed by atoms with Crippen molar-refractivity contribution < 1.29 is 14.3 Å². The van der Waals surface area contributed by atoms with E-state index in [0.717, 1.165) is 23.9 Å². The monoisotopic (exact) mass is 341 g/mol. The Morgan fingerprint density at radius 1 is 1.50 bits per heavy atom. The van der Waals surface area contributed by atoms with Gasteiger partial charge in [0.1, 0.15) is 5.75 Å². The van der Waals surface area contributed by atoms with Gasteiger partial charge in [-0.3, -0.25) is 4.79 Å². The first kappa shape index (κ1) is 15.3. The second-order valence-corrected chi connectivity index (χ2v) is 5.87. The maximum Gasteiger partial charge on any atom is 0.254 e. The summed E-state index contributed by atoms with van der Waals surface area (Å²) >= 11 is 3.42. The molecule has 1 fully saturated rings. The molecule has 0 aliphatic carbocycles. The Morgan fingerprint density at radius 3 is 2.95 bits per heavy atom. The molecule has 0 aromatic heterocycles. The third-order valence-electron chi connectivity index (χ3n) is 3.50. The van der Waals surface area contributed by atoms with Crippen LogP contribution in [-0.4, -0.2) is 44.2 Å². The van der Waals surface area contributed by atoms with Gasteiger partial charge in [0, 0.05) is 24.7 Å². The topological polar surface area (TPSA) is 38.8 Å². The van der Waals surface area contributed by atoms with Crippen LogP contribution in [0, 0.1) is 0 Å². The van der Waals surface area contributed by atoms with Gasteiger partial charge in [-0.25, -0.2) is 0 Å². The predicted octanol–water partition coefficient (Wildman–Crippen LogP) is 3.10. The van der Waals surface area contributed by atoms with Gasteiger partial charge in [0.15, 0.2) is 0 Å². The van der Waals surface area contributed by atoms with Crippen LogP contribution < -0.4 is 4.74 Å². The quantitative estimate of drug-likeness (QED) is 0.844. The number of amides is 1. The summed E-state index contributed by atoms with van der Waals surface area (Å²) in [4.78, 5) is 14.2. The molecular formula is C15H20BrNO3. The lowest BCUT2D eigenvalue weighted by atomic mass is 10.1. The molecule has 5 heteroatoms. The molecule has 1 aliphatic heterocycles. The van der Waals surface area contributed by atoms with Crippen LogP contribution >= 0.6 is 15.9 Å². The van der Waals surface area contributed by atoms with Crippen molar-refractivity contribution in [1.82, 2.24) is 4.90 Å². The third kappa shape index (κ3) is 3.73. The molecule has 20 heavy (non-hydrogen) atoms. The van der Waals surface area contributed by atoms with E-state index >= 15 is 0 Å². The first-order chi connectivity index (χ1) is 9.61. The molecule has 0 spiro atoms. The zero-order valence-electron chi connectivity index (χ0n) is 11.9. The highest BCUT2D eigenvalue weighted by molar-refractivity contribution is 9.10. The van der Waals surface area contributed by atoms with E-state index in [9.17, 15) is 4.79 Å². The summed E-state index contributed by atoms with van der Waals surface area (Å²) in [5.41, 5.74) is 0.614. The lowest BCUT2D eigenvalue weighted by molar-refractivity contribution is -0.000207. The highest BCUT2D eigenvalue weighted by atomic mass is 79.9. The first-order valence-electron chi connectivity index (χ1n) is 6.82. The molecule has 1 atom stereocenters. The SMILES string of the molecule is COc1ccc(Br)c(C(=O)N(C)CC2CCCCO2)c1. The summed E-state index contributed by atoms with van der Waals surface area (Å²) in [5.74, 6) is 0.656. The number of carbonyl (C=O) groups excluding carboxylic acids is 1. The van der Waals surface area contributed by atoms with Gasteiger partial charge >= 0.3 is 0 Å². The van der Waals surface area contributed by atoms with E-state index < -0.39 is 0 Å². The summed E-state index contributed by atoms with van der Waals surface area (Å²) in [6, 6.07) is 5.41. The van der Waals surface area contributed by atoms with Crippen LogP contribution in [-0.2, 0) is 4.74 Å². The molecule has 0 radical (unpaired) electrons. The van der Waals surface area contributed by atoms with Crippen LogP contribution in [0.1, 0.15) is 29.6 Å². The van der Waals surface area contributed by atoms with Crippen LogP contribution in [0.15, 0.2) is 22.7 Å².